The van der Waals surface area contributed by atoms with E-state index in [-0.39, 0.29) is 13.3 Å². The van der Waals surface area contributed by atoms with Crippen molar-refractivity contribution in [1.29, 1.82) is 0 Å². The molecule has 0 atom stereocenters. The molecule has 22 heavy (non-hydrogen) atoms. The van der Waals surface area contributed by atoms with Crippen LogP contribution in [0.3, 0.4) is 0 Å². The van der Waals surface area contributed by atoms with E-state index in [1.807, 2.05) is 12.1 Å². The number of carbonyl (C=O) groups excluding carboxylic acids is 1. The van der Waals surface area contributed by atoms with Crippen molar-refractivity contribution >= 4 is 17.5 Å². The highest BCUT2D eigenvalue weighted by Crippen LogP contribution is 2.50. The summed E-state index contributed by atoms with van der Waals surface area (Å²) in [7, 11) is 0. The Hall–Kier alpha value is -1.02. The molecule has 122 valence electrons. The summed E-state index contributed by atoms with van der Waals surface area (Å²) in [4.78, 5) is 12.2. The molecule has 0 aliphatic heterocycles. The predicted octanol–water partition coefficient (Wildman–Crippen LogP) is 5.46. The van der Waals surface area contributed by atoms with Gasteiger partial charge in [-0.25, -0.2) is 0 Å². The van der Waals surface area contributed by atoms with Crippen LogP contribution in [0.15, 0.2) is 24.3 Å². The zero-order valence-electron chi connectivity index (χ0n) is 12.5. The van der Waals surface area contributed by atoms with Crippen molar-refractivity contribution < 1.29 is 4.79 Å². The van der Waals surface area contributed by atoms with Crippen molar-refractivity contribution in [2.24, 2.45) is 11.3 Å². The van der Waals surface area contributed by atoms with Gasteiger partial charge in [0.05, 0.1) is 10.6 Å². The fourth-order valence-electron chi connectivity index (χ4n) is 4.36. The van der Waals surface area contributed by atoms with Gasteiger partial charge < -0.3 is 5.32 Å². The maximum atomic E-state index is 12.2. The molecule has 2 saturated carbocycles. The molecule has 2 bridgehead atoms. The van der Waals surface area contributed by atoms with Crippen LogP contribution in [-0.2, 0) is 0 Å². The largest absolute Gasteiger partial charge is 0.352 e. The molecule has 1 N–H and O–H groups in total. The minimum Gasteiger partial charge on any atom is -0.352 e. The Kier molecular flexibility index (Phi) is 5.91. The maximum Gasteiger partial charge on any atom is 0.252 e. The van der Waals surface area contributed by atoms with E-state index in [2.05, 4.69) is 5.32 Å². The van der Waals surface area contributed by atoms with Crippen LogP contribution in [0, 0.1) is 11.3 Å². The lowest BCUT2D eigenvalue weighted by Crippen LogP contribution is -2.36. The van der Waals surface area contributed by atoms with Crippen LogP contribution in [0.5, 0.6) is 0 Å². The molecule has 2 aliphatic carbocycles. The minimum atomic E-state index is -0.0415. The maximum absolute atomic E-state index is 12.2. The van der Waals surface area contributed by atoms with Gasteiger partial charge in [-0.05, 0) is 49.1 Å². The van der Waals surface area contributed by atoms with E-state index in [1.165, 1.54) is 44.9 Å². The number of hydrogen-bond acceptors (Lipinski definition) is 1. The van der Waals surface area contributed by atoms with Crippen LogP contribution in [-0.4, -0.2) is 12.5 Å². The Labute approximate surface area is 139 Å². The SMILES string of the molecule is C.O=C(NCCC12CCCC(CCC1)C2)c1ccccc1Cl. The highest BCUT2D eigenvalue weighted by atomic mass is 35.5. The lowest BCUT2D eigenvalue weighted by molar-refractivity contribution is 0.0667. The summed E-state index contributed by atoms with van der Waals surface area (Å²) in [6.45, 7) is 0.775. The summed E-state index contributed by atoms with van der Waals surface area (Å²) < 4.78 is 0. The van der Waals surface area contributed by atoms with E-state index in [0.717, 1.165) is 18.9 Å². The summed E-state index contributed by atoms with van der Waals surface area (Å²) >= 11 is 6.07. The number of halogens is 1. The molecule has 3 heteroatoms. The molecular formula is C19H28ClNO. The Morgan fingerprint density at radius 3 is 2.59 bits per heavy atom. The summed E-state index contributed by atoms with van der Waals surface area (Å²) in [6.07, 6.45) is 10.8. The van der Waals surface area contributed by atoms with Crippen LogP contribution in [0.2, 0.25) is 5.02 Å². The topological polar surface area (TPSA) is 29.1 Å². The first-order chi connectivity index (χ1) is 10.2. The van der Waals surface area contributed by atoms with Crippen molar-refractivity contribution in [3.05, 3.63) is 34.9 Å². The third-order valence-corrected chi connectivity index (χ3v) is 5.75. The quantitative estimate of drug-likeness (QED) is 0.784. The van der Waals surface area contributed by atoms with E-state index >= 15 is 0 Å². The van der Waals surface area contributed by atoms with Gasteiger partial charge >= 0.3 is 0 Å². The second kappa shape index (κ2) is 7.50. The van der Waals surface area contributed by atoms with Gasteiger partial charge in [-0.2, -0.15) is 0 Å². The second-order valence-corrected chi connectivity index (χ2v) is 7.25. The van der Waals surface area contributed by atoms with E-state index in [1.54, 1.807) is 12.1 Å². The first-order valence-corrected chi connectivity index (χ1v) is 8.59. The molecule has 0 spiro atoms. The lowest BCUT2D eigenvalue weighted by atomic mass is 9.61. The third-order valence-electron chi connectivity index (χ3n) is 5.42. The fourth-order valence-corrected chi connectivity index (χ4v) is 4.58. The van der Waals surface area contributed by atoms with E-state index < -0.39 is 0 Å². The molecule has 3 rings (SSSR count). The molecule has 1 aromatic carbocycles. The standard InChI is InChI=1S/C18H24ClNO.CH4/c19-16-8-2-1-7-15(16)17(21)20-12-11-18-9-3-5-14(13-18)6-4-10-18;/h1-2,7-8,14H,3-6,9-13H2,(H,20,21);1H4. The van der Waals surface area contributed by atoms with Crippen molar-refractivity contribution in [1.82, 2.24) is 5.32 Å². The summed E-state index contributed by atoms with van der Waals surface area (Å²) in [5.41, 5.74) is 1.09. The molecule has 0 radical (unpaired) electrons. The highest BCUT2D eigenvalue weighted by molar-refractivity contribution is 6.33. The molecule has 0 aromatic heterocycles. The predicted molar refractivity (Wildman–Crippen MR) is 93.4 cm³/mol. The number of nitrogens with one attached hydrogen (secondary N) is 1. The van der Waals surface area contributed by atoms with Gasteiger partial charge in [0.2, 0.25) is 0 Å². The van der Waals surface area contributed by atoms with E-state index in [0.29, 0.717) is 16.0 Å². The zero-order valence-corrected chi connectivity index (χ0v) is 13.3. The number of amides is 1. The van der Waals surface area contributed by atoms with Crippen LogP contribution in [0.1, 0.15) is 69.2 Å². The number of benzene rings is 1. The number of hydrogen-bond donors (Lipinski definition) is 1. The summed E-state index contributed by atoms with van der Waals surface area (Å²) in [5, 5.41) is 3.59. The number of fused-ring (bicyclic) bond motifs is 2. The molecule has 2 aliphatic rings. The number of rotatable bonds is 4. The van der Waals surface area contributed by atoms with Gasteiger partial charge in [0.25, 0.3) is 5.91 Å². The van der Waals surface area contributed by atoms with Gasteiger partial charge in [-0.1, -0.05) is 56.8 Å². The zero-order chi connectivity index (χ0) is 14.7. The Morgan fingerprint density at radius 2 is 1.91 bits per heavy atom. The minimum absolute atomic E-state index is 0. The van der Waals surface area contributed by atoms with Crippen molar-refractivity contribution in [3.8, 4) is 0 Å². The molecule has 1 amide bonds. The fraction of sp³-hybridized carbons (Fsp3) is 0.632. The molecule has 2 fully saturated rings. The van der Waals surface area contributed by atoms with Crippen molar-refractivity contribution in [3.63, 3.8) is 0 Å². The van der Waals surface area contributed by atoms with Gasteiger partial charge in [0, 0.05) is 6.54 Å². The van der Waals surface area contributed by atoms with Gasteiger partial charge in [0.15, 0.2) is 0 Å². The average molecular weight is 322 g/mol. The van der Waals surface area contributed by atoms with Gasteiger partial charge in [0.1, 0.15) is 0 Å². The van der Waals surface area contributed by atoms with Crippen molar-refractivity contribution in [2.45, 2.75) is 58.8 Å². The van der Waals surface area contributed by atoms with E-state index in [4.69, 9.17) is 11.6 Å². The average Bonchev–Trinajstić information content (AvgIpc) is 2.47. The third kappa shape index (κ3) is 3.84. The molecule has 1 aromatic rings. The lowest BCUT2D eigenvalue weighted by Gasteiger charge is -2.45. The van der Waals surface area contributed by atoms with Crippen molar-refractivity contribution in [2.75, 3.05) is 6.54 Å². The Morgan fingerprint density at radius 1 is 1.23 bits per heavy atom. The number of carbonyl (C=O) groups is 1. The normalized spacial score (nSPS) is 26.9. The van der Waals surface area contributed by atoms with Gasteiger partial charge in [-0.15, -0.1) is 0 Å². The summed E-state index contributed by atoms with van der Waals surface area (Å²) in [5.74, 6) is 0.909. The highest BCUT2D eigenvalue weighted by Gasteiger charge is 2.38. The molecular weight excluding hydrogens is 294 g/mol. The Balaban J connectivity index is 0.00000176. The molecule has 0 heterocycles. The van der Waals surface area contributed by atoms with Crippen LogP contribution >= 0.6 is 11.6 Å². The second-order valence-electron chi connectivity index (χ2n) is 6.84. The van der Waals surface area contributed by atoms with Crippen LogP contribution in [0.4, 0.5) is 0 Å². The molecule has 0 unspecified atom stereocenters. The smallest absolute Gasteiger partial charge is 0.252 e. The first kappa shape index (κ1) is 17.3. The van der Waals surface area contributed by atoms with Crippen LogP contribution in [0.25, 0.3) is 0 Å². The molecule has 2 nitrogen and oxygen atoms in total. The van der Waals surface area contributed by atoms with Gasteiger partial charge in [-0.3, -0.25) is 4.79 Å². The van der Waals surface area contributed by atoms with Crippen LogP contribution < -0.4 is 5.32 Å². The molecule has 0 saturated heterocycles. The Bertz CT molecular complexity index is 504. The first-order valence-electron chi connectivity index (χ1n) is 8.21. The summed E-state index contributed by atoms with van der Waals surface area (Å²) in [6, 6.07) is 7.25. The van der Waals surface area contributed by atoms with E-state index in [9.17, 15) is 4.79 Å². The monoisotopic (exact) mass is 321 g/mol.